The number of morpholine rings is 1. The van der Waals surface area contributed by atoms with Gasteiger partial charge in [-0.3, -0.25) is 4.79 Å². The van der Waals surface area contributed by atoms with Crippen LogP contribution in [0, 0.1) is 0 Å². The molecule has 0 N–H and O–H groups in total. The first-order valence-corrected chi connectivity index (χ1v) is 7.52. The summed E-state index contributed by atoms with van der Waals surface area (Å²) in [7, 11) is 0. The van der Waals surface area contributed by atoms with E-state index in [1.54, 1.807) is 29.2 Å². The van der Waals surface area contributed by atoms with Crippen LogP contribution in [0.25, 0.3) is 0 Å². The zero-order chi connectivity index (χ0) is 13.7. The van der Waals surface area contributed by atoms with Crippen LogP contribution in [0.5, 0.6) is 5.75 Å². The van der Waals surface area contributed by atoms with E-state index in [9.17, 15) is 4.79 Å². The lowest BCUT2D eigenvalue weighted by atomic mass is 10.2. The molecule has 1 aliphatic rings. The summed E-state index contributed by atoms with van der Waals surface area (Å²) in [5.41, 5.74) is 0. The van der Waals surface area contributed by atoms with Gasteiger partial charge < -0.3 is 14.4 Å². The first-order valence-electron chi connectivity index (χ1n) is 6.02. The Kier molecular flexibility index (Phi) is 5.48. The maximum atomic E-state index is 12.1. The van der Waals surface area contributed by atoms with Gasteiger partial charge in [-0.25, -0.2) is 0 Å². The molecule has 0 aliphatic carbocycles. The van der Waals surface area contributed by atoms with Gasteiger partial charge in [0, 0.05) is 16.9 Å². The Bertz CT molecular complexity index is 426. The average molecular weight is 349 g/mol. The average Bonchev–Trinajstić information content (AvgIpc) is 2.46. The molecule has 1 aromatic carbocycles. The highest BCUT2D eigenvalue weighted by molar-refractivity contribution is 9.09. The summed E-state index contributed by atoms with van der Waals surface area (Å²) in [4.78, 5) is 13.9. The van der Waals surface area contributed by atoms with Crippen molar-refractivity contribution >= 4 is 33.4 Å². The van der Waals surface area contributed by atoms with Crippen molar-refractivity contribution < 1.29 is 14.3 Å². The highest BCUT2D eigenvalue weighted by Crippen LogP contribution is 2.16. The third kappa shape index (κ3) is 4.09. The van der Waals surface area contributed by atoms with E-state index in [2.05, 4.69) is 15.9 Å². The number of carbonyl (C=O) groups is 1. The summed E-state index contributed by atoms with van der Waals surface area (Å²) >= 11 is 9.18. The Morgan fingerprint density at radius 3 is 2.89 bits per heavy atom. The molecule has 0 saturated carbocycles. The number of nitrogens with zero attached hydrogens (tertiary/aromatic N) is 1. The number of ether oxygens (including phenoxy) is 2. The molecule has 104 valence electrons. The van der Waals surface area contributed by atoms with E-state index in [0.717, 1.165) is 0 Å². The summed E-state index contributed by atoms with van der Waals surface area (Å²) < 4.78 is 10.8. The normalized spacial score (nSPS) is 19.3. The van der Waals surface area contributed by atoms with Gasteiger partial charge in [0.15, 0.2) is 6.61 Å². The number of rotatable bonds is 4. The second-order valence-electron chi connectivity index (χ2n) is 4.21. The van der Waals surface area contributed by atoms with E-state index in [1.807, 2.05) is 0 Å². The van der Waals surface area contributed by atoms with Crippen molar-refractivity contribution in [2.75, 3.05) is 31.7 Å². The van der Waals surface area contributed by atoms with Crippen molar-refractivity contribution in [3.8, 4) is 5.75 Å². The van der Waals surface area contributed by atoms with Gasteiger partial charge in [-0.05, 0) is 24.3 Å². The molecule has 0 bridgehead atoms. The first kappa shape index (κ1) is 14.6. The van der Waals surface area contributed by atoms with Crippen LogP contribution in [0.3, 0.4) is 0 Å². The van der Waals surface area contributed by atoms with Crippen LogP contribution >= 0.6 is 27.5 Å². The van der Waals surface area contributed by atoms with Gasteiger partial charge in [0.05, 0.1) is 19.3 Å². The molecule has 4 nitrogen and oxygen atoms in total. The number of hydrogen-bond acceptors (Lipinski definition) is 3. The quantitative estimate of drug-likeness (QED) is 0.784. The van der Waals surface area contributed by atoms with Crippen LogP contribution in [0.2, 0.25) is 5.02 Å². The number of amides is 1. The standard InChI is InChI=1S/C13H15BrClNO3/c14-7-11-8-18-6-5-16(11)13(17)9-19-12-3-1-10(15)2-4-12/h1-4,11H,5-9H2. The molecule has 1 aliphatic heterocycles. The van der Waals surface area contributed by atoms with Crippen molar-refractivity contribution in [2.24, 2.45) is 0 Å². The van der Waals surface area contributed by atoms with Gasteiger partial charge in [0.2, 0.25) is 0 Å². The van der Waals surface area contributed by atoms with Crippen LogP contribution in [0.4, 0.5) is 0 Å². The number of hydrogen-bond donors (Lipinski definition) is 0. The van der Waals surface area contributed by atoms with Crippen molar-refractivity contribution in [1.82, 2.24) is 4.90 Å². The van der Waals surface area contributed by atoms with Crippen molar-refractivity contribution in [3.05, 3.63) is 29.3 Å². The molecule has 0 radical (unpaired) electrons. The summed E-state index contributed by atoms with van der Waals surface area (Å²) in [6.45, 7) is 1.79. The fourth-order valence-corrected chi connectivity index (χ4v) is 2.53. The van der Waals surface area contributed by atoms with Gasteiger partial charge in [0.1, 0.15) is 5.75 Å². The van der Waals surface area contributed by atoms with Crippen LogP contribution in [0.15, 0.2) is 24.3 Å². The molecule has 1 heterocycles. The van der Waals surface area contributed by atoms with Gasteiger partial charge >= 0.3 is 0 Å². The Balaban J connectivity index is 1.87. The minimum Gasteiger partial charge on any atom is -0.484 e. The lowest BCUT2D eigenvalue weighted by Gasteiger charge is -2.34. The Morgan fingerprint density at radius 1 is 1.47 bits per heavy atom. The molecule has 1 amide bonds. The van der Waals surface area contributed by atoms with E-state index >= 15 is 0 Å². The van der Waals surface area contributed by atoms with E-state index in [4.69, 9.17) is 21.1 Å². The third-order valence-electron chi connectivity index (χ3n) is 2.90. The molecular formula is C13H15BrClNO3. The predicted molar refractivity (Wildman–Crippen MR) is 77.1 cm³/mol. The summed E-state index contributed by atoms with van der Waals surface area (Å²) in [5, 5.41) is 1.35. The fraction of sp³-hybridized carbons (Fsp3) is 0.462. The minimum atomic E-state index is -0.0253. The zero-order valence-corrected chi connectivity index (χ0v) is 12.7. The van der Waals surface area contributed by atoms with E-state index in [0.29, 0.717) is 35.9 Å². The molecule has 0 spiro atoms. The summed E-state index contributed by atoms with van der Waals surface area (Å²) in [6, 6.07) is 7.04. The van der Waals surface area contributed by atoms with E-state index < -0.39 is 0 Å². The molecule has 6 heteroatoms. The lowest BCUT2D eigenvalue weighted by molar-refractivity contribution is -0.141. The second kappa shape index (κ2) is 7.12. The summed E-state index contributed by atoms with van der Waals surface area (Å²) in [5.74, 6) is 0.615. The van der Waals surface area contributed by atoms with E-state index in [-0.39, 0.29) is 18.6 Å². The molecule has 1 aromatic rings. The maximum absolute atomic E-state index is 12.1. The summed E-state index contributed by atoms with van der Waals surface area (Å²) in [6.07, 6.45) is 0. The first-order chi connectivity index (χ1) is 9.20. The Hall–Kier alpha value is -0.780. The Morgan fingerprint density at radius 2 is 2.21 bits per heavy atom. The number of carbonyl (C=O) groups excluding carboxylic acids is 1. The topological polar surface area (TPSA) is 38.8 Å². The lowest BCUT2D eigenvalue weighted by Crippen LogP contribution is -2.51. The molecule has 2 rings (SSSR count). The molecular weight excluding hydrogens is 334 g/mol. The van der Waals surface area contributed by atoms with Crippen LogP contribution in [-0.4, -0.2) is 48.5 Å². The number of benzene rings is 1. The predicted octanol–water partition coefficient (Wildman–Crippen LogP) is 2.34. The molecule has 1 atom stereocenters. The smallest absolute Gasteiger partial charge is 0.260 e. The number of halogens is 2. The van der Waals surface area contributed by atoms with Gasteiger partial charge in [-0.1, -0.05) is 27.5 Å². The van der Waals surface area contributed by atoms with Crippen LogP contribution < -0.4 is 4.74 Å². The molecule has 1 unspecified atom stereocenters. The maximum Gasteiger partial charge on any atom is 0.260 e. The molecule has 1 saturated heterocycles. The van der Waals surface area contributed by atoms with Crippen molar-refractivity contribution in [1.29, 1.82) is 0 Å². The van der Waals surface area contributed by atoms with E-state index in [1.165, 1.54) is 0 Å². The molecule has 0 aromatic heterocycles. The zero-order valence-electron chi connectivity index (χ0n) is 10.4. The highest BCUT2D eigenvalue weighted by atomic mass is 79.9. The SMILES string of the molecule is O=C(COc1ccc(Cl)cc1)N1CCOCC1CBr. The minimum absolute atomic E-state index is 0.0253. The second-order valence-corrected chi connectivity index (χ2v) is 5.30. The van der Waals surface area contributed by atoms with Crippen molar-refractivity contribution in [2.45, 2.75) is 6.04 Å². The highest BCUT2D eigenvalue weighted by Gasteiger charge is 2.26. The van der Waals surface area contributed by atoms with Crippen LogP contribution in [-0.2, 0) is 9.53 Å². The molecule has 1 fully saturated rings. The molecule has 19 heavy (non-hydrogen) atoms. The van der Waals surface area contributed by atoms with Gasteiger partial charge in [-0.2, -0.15) is 0 Å². The van der Waals surface area contributed by atoms with Crippen molar-refractivity contribution in [3.63, 3.8) is 0 Å². The van der Waals surface area contributed by atoms with Crippen LogP contribution in [0.1, 0.15) is 0 Å². The largest absolute Gasteiger partial charge is 0.484 e. The van der Waals surface area contributed by atoms with Gasteiger partial charge in [-0.15, -0.1) is 0 Å². The Labute approximate surface area is 125 Å². The number of alkyl halides is 1. The monoisotopic (exact) mass is 347 g/mol. The fourth-order valence-electron chi connectivity index (χ4n) is 1.87. The van der Waals surface area contributed by atoms with Gasteiger partial charge in [0.25, 0.3) is 5.91 Å². The third-order valence-corrected chi connectivity index (χ3v) is 3.90.